The molecule has 0 radical (unpaired) electrons. The van der Waals surface area contributed by atoms with E-state index in [1.54, 1.807) is 6.08 Å². The third-order valence-corrected chi connectivity index (χ3v) is 8.47. The third-order valence-electron chi connectivity index (χ3n) is 8.47. The fourth-order valence-corrected chi connectivity index (χ4v) is 6.92. The molecule has 132 valence electrons. The van der Waals surface area contributed by atoms with Crippen LogP contribution < -0.4 is 0 Å². The van der Waals surface area contributed by atoms with Gasteiger partial charge in [-0.15, -0.1) is 0 Å². The molecule has 1 aliphatic heterocycles. The lowest BCUT2D eigenvalue weighted by Crippen LogP contribution is -2.53. The van der Waals surface area contributed by atoms with E-state index in [1.165, 1.54) is 5.57 Å². The second-order valence-corrected chi connectivity index (χ2v) is 9.27. The first-order valence-corrected chi connectivity index (χ1v) is 9.73. The predicted octanol–water partition coefficient (Wildman–Crippen LogP) is 4.15. The first-order valence-electron chi connectivity index (χ1n) is 9.73. The molecule has 0 saturated heterocycles. The number of ketones is 1. The predicted molar refractivity (Wildman–Crippen MR) is 94.6 cm³/mol. The van der Waals surface area contributed by atoms with Crippen molar-refractivity contribution in [3.8, 4) is 0 Å². The van der Waals surface area contributed by atoms with E-state index < -0.39 is 0 Å². The molecule has 0 unspecified atom stereocenters. The first kappa shape index (κ1) is 15.6. The fourth-order valence-electron chi connectivity index (χ4n) is 6.92. The van der Waals surface area contributed by atoms with E-state index in [0.29, 0.717) is 24.2 Å². The Balaban J connectivity index is 1.55. The van der Waals surface area contributed by atoms with Crippen molar-refractivity contribution in [2.75, 3.05) is 0 Å². The van der Waals surface area contributed by atoms with Crippen molar-refractivity contribution < 1.29 is 14.3 Å². The van der Waals surface area contributed by atoms with Crippen LogP contribution >= 0.6 is 0 Å². The van der Waals surface area contributed by atoms with Crippen LogP contribution in [-0.2, 0) is 14.3 Å². The summed E-state index contributed by atoms with van der Waals surface area (Å²) in [4.78, 5) is 23.7. The number of allylic oxidation sites excluding steroid dienone is 4. The standard InChI is InChI=1S/C22H26O3/c1-20-9-5-15(23)13-14(20)3-4-16-17(20)6-10-21(2)18(16)7-11-22(21)12-8-19(24)25-22/h3-4,8,12-13,16-18H,5-7,9-11H2,1-2H3/t16-,17+,18+,20+,21+,22-/m1/s1. The maximum absolute atomic E-state index is 11.9. The highest BCUT2D eigenvalue weighted by atomic mass is 16.6. The van der Waals surface area contributed by atoms with Gasteiger partial charge in [-0.3, -0.25) is 4.79 Å². The van der Waals surface area contributed by atoms with Crippen molar-refractivity contribution in [2.24, 2.45) is 28.6 Å². The molecule has 3 heteroatoms. The topological polar surface area (TPSA) is 43.4 Å². The van der Waals surface area contributed by atoms with Crippen LogP contribution in [0.3, 0.4) is 0 Å². The van der Waals surface area contributed by atoms with Gasteiger partial charge in [0.15, 0.2) is 5.78 Å². The van der Waals surface area contributed by atoms with Crippen molar-refractivity contribution in [3.63, 3.8) is 0 Å². The number of ether oxygens (including phenoxy) is 1. The number of carbonyl (C=O) groups excluding carboxylic acids is 2. The van der Waals surface area contributed by atoms with Gasteiger partial charge >= 0.3 is 5.97 Å². The molecule has 6 atom stereocenters. The van der Waals surface area contributed by atoms with Crippen LogP contribution in [0.1, 0.15) is 52.4 Å². The lowest BCUT2D eigenvalue weighted by Gasteiger charge is -2.57. The molecule has 5 aliphatic rings. The molecule has 0 N–H and O–H groups in total. The molecule has 0 amide bonds. The van der Waals surface area contributed by atoms with E-state index in [2.05, 4.69) is 32.1 Å². The summed E-state index contributed by atoms with van der Waals surface area (Å²) in [5.74, 6) is 1.78. The third kappa shape index (κ3) is 1.82. The number of esters is 1. The van der Waals surface area contributed by atoms with Gasteiger partial charge in [-0.25, -0.2) is 4.79 Å². The van der Waals surface area contributed by atoms with Crippen LogP contribution in [0.15, 0.2) is 36.0 Å². The fraction of sp³-hybridized carbons (Fsp3) is 0.636. The molecule has 0 aromatic rings. The summed E-state index contributed by atoms with van der Waals surface area (Å²) >= 11 is 0. The van der Waals surface area contributed by atoms with Crippen LogP contribution in [0.25, 0.3) is 0 Å². The van der Waals surface area contributed by atoms with Crippen molar-refractivity contribution in [2.45, 2.75) is 58.0 Å². The second-order valence-electron chi connectivity index (χ2n) is 9.27. The smallest absolute Gasteiger partial charge is 0.331 e. The minimum Gasteiger partial charge on any atom is -0.451 e. The van der Waals surface area contributed by atoms with E-state index in [-0.39, 0.29) is 28.2 Å². The Morgan fingerprint density at radius 2 is 1.84 bits per heavy atom. The molecule has 4 aliphatic carbocycles. The highest BCUT2D eigenvalue weighted by Crippen LogP contribution is 2.67. The Labute approximate surface area is 149 Å². The summed E-state index contributed by atoms with van der Waals surface area (Å²) in [7, 11) is 0. The molecular formula is C22H26O3. The van der Waals surface area contributed by atoms with E-state index in [0.717, 1.165) is 32.1 Å². The SMILES string of the molecule is C[C@]12CCC(=O)C=C1C=C[C@@H]1[C@@H]2CC[C@@]2(C)[C@H]1CC[C@@]21C=CC(=O)O1. The highest BCUT2D eigenvalue weighted by molar-refractivity contribution is 5.92. The Bertz CT molecular complexity index is 759. The molecule has 1 heterocycles. The number of fused-ring (bicyclic) bond motifs is 6. The van der Waals surface area contributed by atoms with E-state index in [1.807, 2.05) is 6.08 Å². The van der Waals surface area contributed by atoms with Crippen molar-refractivity contribution in [1.82, 2.24) is 0 Å². The largest absolute Gasteiger partial charge is 0.451 e. The van der Waals surface area contributed by atoms with Crippen LogP contribution in [0, 0.1) is 28.6 Å². The van der Waals surface area contributed by atoms with Crippen LogP contribution in [0.4, 0.5) is 0 Å². The van der Waals surface area contributed by atoms with Crippen LogP contribution in [-0.4, -0.2) is 17.4 Å². The zero-order valence-electron chi connectivity index (χ0n) is 15.1. The number of hydrogen-bond donors (Lipinski definition) is 0. The summed E-state index contributed by atoms with van der Waals surface area (Å²) in [5.41, 5.74) is 1.02. The molecule has 1 spiro atoms. The lowest BCUT2D eigenvalue weighted by atomic mass is 9.48. The minimum absolute atomic E-state index is 0.0310. The van der Waals surface area contributed by atoms with E-state index >= 15 is 0 Å². The summed E-state index contributed by atoms with van der Waals surface area (Å²) in [6, 6.07) is 0. The van der Waals surface area contributed by atoms with E-state index in [9.17, 15) is 9.59 Å². The van der Waals surface area contributed by atoms with Gasteiger partial charge in [-0.2, -0.15) is 0 Å². The van der Waals surface area contributed by atoms with Gasteiger partial charge in [-0.1, -0.05) is 26.0 Å². The maximum atomic E-state index is 11.9. The normalized spacial score (nSPS) is 50.3. The summed E-state index contributed by atoms with van der Waals surface area (Å²) in [6.07, 6.45) is 16.2. The molecule has 5 rings (SSSR count). The average molecular weight is 338 g/mol. The number of carbonyl (C=O) groups is 2. The molecular weight excluding hydrogens is 312 g/mol. The summed E-state index contributed by atoms with van der Waals surface area (Å²) < 4.78 is 5.88. The Kier molecular flexibility index (Phi) is 2.96. The quantitative estimate of drug-likeness (QED) is 0.623. The zero-order chi connectivity index (χ0) is 17.4. The second kappa shape index (κ2) is 4.75. The van der Waals surface area contributed by atoms with Crippen LogP contribution in [0.2, 0.25) is 0 Å². The number of hydrogen-bond acceptors (Lipinski definition) is 3. The Morgan fingerprint density at radius 3 is 2.60 bits per heavy atom. The highest BCUT2D eigenvalue weighted by Gasteiger charge is 2.65. The van der Waals surface area contributed by atoms with Gasteiger partial charge in [-0.05, 0) is 73.0 Å². The average Bonchev–Trinajstić information content (AvgIpc) is 3.10. The zero-order valence-corrected chi connectivity index (χ0v) is 15.1. The Hall–Kier alpha value is -1.64. The molecule has 3 nitrogen and oxygen atoms in total. The van der Waals surface area contributed by atoms with Crippen molar-refractivity contribution >= 4 is 11.8 Å². The van der Waals surface area contributed by atoms with E-state index in [4.69, 9.17) is 4.74 Å². The van der Waals surface area contributed by atoms with Gasteiger partial charge < -0.3 is 4.74 Å². The maximum Gasteiger partial charge on any atom is 0.331 e. The van der Waals surface area contributed by atoms with Gasteiger partial charge in [0.05, 0.1) is 0 Å². The van der Waals surface area contributed by atoms with Gasteiger partial charge in [0.2, 0.25) is 0 Å². The van der Waals surface area contributed by atoms with Gasteiger partial charge in [0, 0.05) is 17.9 Å². The van der Waals surface area contributed by atoms with Crippen molar-refractivity contribution in [1.29, 1.82) is 0 Å². The minimum atomic E-state index is -0.382. The van der Waals surface area contributed by atoms with Crippen LogP contribution in [0.5, 0.6) is 0 Å². The number of rotatable bonds is 0. The van der Waals surface area contributed by atoms with Gasteiger partial charge in [0.1, 0.15) is 5.60 Å². The lowest BCUT2D eigenvalue weighted by molar-refractivity contribution is -0.160. The summed E-state index contributed by atoms with van der Waals surface area (Å²) in [5, 5.41) is 0. The Morgan fingerprint density at radius 1 is 1.04 bits per heavy atom. The van der Waals surface area contributed by atoms with Crippen molar-refractivity contribution in [3.05, 3.63) is 36.0 Å². The molecule has 0 aromatic heterocycles. The monoisotopic (exact) mass is 338 g/mol. The molecule has 2 saturated carbocycles. The molecule has 0 aromatic carbocycles. The molecule has 2 fully saturated rings. The molecule has 0 bridgehead atoms. The summed E-state index contributed by atoms with van der Waals surface area (Å²) in [6.45, 7) is 4.71. The van der Waals surface area contributed by atoms with Gasteiger partial charge in [0.25, 0.3) is 0 Å². The first-order chi connectivity index (χ1) is 11.9. The molecule has 25 heavy (non-hydrogen) atoms.